The van der Waals surface area contributed by atoms with Crippen LogP contribution in [0.25, 0.3) is 0 Å². The standard InChI is InChI=1S/C11H17N3O2/c1-3-4-9(12-2)7-10-5-6-11(8-13-10)14(15)16/h5-6,8-9,12H,3-4,7H2,1-2H3. The number of nitrogens with one attached hydrogen (secondary N) is 1. The Morgan fingerprint density at radius 1 is 1.56 bits per heavy atom. The monoisotopic (exact) mass is 223 g/mol. The number of nitro groups is 1. The minimum absolute atomic E-state index is 0.0419. The largest absolute Gasteiger partial charge is 0.317 e. The van der Waals surface area contributed by atoms with E-state index < -0.39 is 4.92 Å². The Hall–Kier alpha value is -1.49. The van der Waals surface area contributed by atoms with Crippen LogP contribution in [0.3, 0.4) is 0 Å². The molecule has 0 aliphatic heterocycles. The molecule has 16 heavy (non-hydrogen) atoms. The molecule has 0 aliphatic carbocycles. The maximum Gasteiger partial charge on any atom is 0.287 e. The molecule has 1 rings (SSSR count). The lowest BCUT2D eigenvalue weighted by atomic mass is 10.1. The van der Waals surface area contributed by atoms with Gasteiger partial charge in [0.1, 0.15) is 6.20 Å². The Morgan fingerprint density at radius 2 is 2.31 bits per heavy atom. The van der Waals surface area contributed by atoms with Crippen molar-refractivity contribution in [1.82, 2.24) is 10.3 Å². The molecule has 0 aliphatic rings. The van der Waals surface area contributed by atoms with E-state index in [1.165, 1.54) is 12.3 Å². The molecule has 1 N–H and O–H groups in total. The first-order valence-electron chi connectivity index (χ1n) is 5.44. The molecule has 1 aromatic rings. The Balaban J connectivity index is 2.63. The van der Waals surface area contributed by atoms with Crippen LogP contribution in [0, 0.1) is 10.1 Å². The van der Waals surface area contributed by atoms with E-state index in [0.29, 0.717) is 6.04 Å². The van der Waals surface area contributed by atoms with Crippen LogP contribution in [-0.4, -0.2) is 23.0 Å². The fourth-order valence-corrected chi connectivity index (χ4v) is 1.59. The summed E-state index contributed by atoms with van der Waals surface area (Å²) in [5.74, 6) is 0. The second-order valence-corrected chi connectivity index (χ2v) is 3.74. The van der Waals surface area contributed by atoms with Crippen LogP contribution in [0.4, 0.5) is 5.69 Å². The fraction of sp³-hybridized carbons (Fsp3) is 0.545. The highest BCUT2D eigenvalue weighted by Crippen LogP contribution is 2.11. The summed E-state index contributed by atoms with van der Waals surface area (Å²) in [6.07, 6.45) is 4.31. The molecule has 0 aromatic carbocycles. The second kappa shape index (κ2) is 6.17. The molecule has 0 spiro atoms. The van der Waals surface area contributed by atoms with Crippen LogP contribution >= 0.6 is 0 Å². The van der Waals surface area contributed by atoms with Gasteiger partial charge in [-0.15, -0.1) is 0 Å². The summed E-state index contributed by atoms with van der Waals surface area (Å²) < 4.78 is 0. The van der Waals surface area contributed by atoms with Crippen LogP contribution in [0.1, 0.15) is 25.5 Å². The third kappa shape index (κ3) is 3.58. The molecule has 1 heterocycles. The predicted molar refractivity (Wildman–Crippen MR) is 62.4 cm³/mol. The molecule has 1 unspecified atom stereocenters. The first-order valence-corrected chi connectivity index (χ1v) is 5.44. The molecule has 0 bridgehead atoms. The van der Waals surface area contributed by atoms with Crippen molar-refractivity contribution in [1.29, 1.82) is 0 Å². The van der Waals surface area contributed by atoms with Gasteiger partial charge in [0.15, 0.2) is 0 Å². The predicted octanol–water partition coefficient (Wildman–Crippen LogP) is 1.92. The van der Waals surface area contributed by atoms with E-state index >= 15 is 0 Å². The molecule has 0 radical (unpaired) electrons. The summed E-state index contributed by atoms with van der Waals surface area (Å²) in [5.41, 5.74) is 0.929. The van der Waals surface area contributed by atoms with Crippen molar-refractivity contribution in [3.05, 3.63) is 34.1 Å². The van der Waals surface area contributed by atoms with Crippen molar-refractivity contribution in [2.75, 3.05) is 7.05 Å². The van der Waals surface area contributed by atoms with Crippen molar-refractivity contribution >= 4 is 5.69 Å². The smallest absolute Gasteiger partial charge is 0.287 e. The van der Waals surface area contributed by atoms with E-state index in [9.17, 15) is 10.1 Å². The van der Waals surface area contributed by atoms with Gasteiger partial charge in [-0.05, 0) is 19.5 Å². The first-order chi connectivity index (χ1) is 7.67. The number of pyridine rings is 1. The van der Waals surface area contributed by atoms with Crippen molar-refractivity contribution in [3.8, 4) is 0 Å². The van der Waals surface area contributed by atoms with Gasteiger partial charge in [0.05, 0.1) is 4.92 Å². The molecule has 0 fully saturated rings. The molecule has 5 heteroatoms. The summed E-state index contributed by atoms with van der Waals surface area (Å²) in [6, 6.07) is 3.61. The van der Waals surface area contributed by atoms with E-state index in [4.69, 9.17) is 0 Å². The Labute approximate surface area is 95.0 Å². The topological polar surface area (TPSA) is 68.1 Å². The van der Waals surface area contributed by atoms with Crippen molar-refractivity contribution in [2.24, 2.45) is 0 Å². The van der Waals surface area contributed by atoms with Gasteiger partial charge in [0.2, 0.25) is 0 Å². The van der Waals surface area contributed by atoms with E-state index in [0.717, 1.165) is 25.0 Å². The highest BCUT2D eigenvalue weighted by atomic mass is 16.6. The van der Waals surface area contributed by atoms with Gasteiger partial charge in [-0.2, -0.15) is 0 Å². The zero-order valence-corrected chi connectivity index (χ0v) is 9.64. The van der Waals surface area contributed by atoms with Gasteiger partial charge < -0.3 is 5.32 Å². The first kappa shape index (κ1) is 12.6. The number of rotatable bonds is 6. The lowest BCUT2D eigenvalue weighted by Gasteiger charge is -2.14. The summed E-state index contributed by atoms with van der Waals surface area (Å²) in [5, 5.41) is 13.7. The van der Waals surface area contributed by atoms with E-state index in [1.54, 1.807) is 6.07 Å². The number of likely N-dealkylation sites (N-methyl/N-ethyl adjacent to an activating group) is 1. The maximum atomic E-state index is 10.4. The molecule has 1 aromatic heterocycles. The fourth-order valence-electron chi connectivity index (χ4n) is 1.59. The van der Waals surface area contributed by atoms with Gasteiger partial charge in [0, 0.05) is 24.2 Å². The minimum Gasteiger partial charge on any atom is -0.317 e. The summed E-state index contributed by atoms with van der Waals surface area (Å²) in [4.78, 5) is 14.1. The van der Waals surface area contributed by atoms with Gasteiger partial charge in [-0.3, -0.25) is 15.1 Å². The molecule has 5 nitrogen and oxygen atoms in total. The van der Waals surface area contributed by atoms with Crippen LogP contribution in [0.5, 0.6) is 0 Å². The van der Waals surface area contributed by atoms with Gasteiger partial charge in [0.25, 0.3) is 5.69 Å². The average molecular weight is 223 g/mol. The number of aromatic nitrogens is 1. The number of nitrogens with zero attached hydrogens (tertiary/aromatic N) is 2. The van der Waals surface area contributed by atoms with E-state index in [1.807, 2.05) is 7.05 Å². The van der Waals surface area contributed by atoms with Crippen molar-refractivity contribution < 1.29 is 4.92 Å². The third-order valence-corrected chi connectivity index (χ3v) is 2.52. The van der Waals surface area contributed by atoms with Crippen LogP contribution in [0.2, 0.25) is 0 Å². The quantitative estimate of drug-likeness (QED) is 0.591. The summed E-state index contributed by atoms with van der Waals surface area (Å²) >= 11 is 0. The number of hydrogen-bond donors (Lipinski definition) is 1. The summed E-state index contributed by atoms with van der Waals surface area (Å²) in [6.45, 7) is 2.13. The van der Waals surface area contributed by atoms with Crippen LogP contribution in [-0.2, 0) is 6.42 Å². The molecule has 0 amide bonds. The minimum atomic E-state index is -0.432. The normalized spacial score (nSPS) is 12.4. The van der Waals surface area contributed by atoms with Crippen LogP contribution < -0.4 is 5.32 Å². The highest BCUT2D eigenvalue weighted by molar-refractivity contribution is 5.26. The van der Waals surface area contributed by atoms with Gasteiger partial charge >= 0.3 is 0 Å². The third-order valence-electron chi connectivity index (χ3n) is 2.52. The Kier molecular flexibility index (Phi) is 4.85. The van der Waals surface area contributed by atoms with E-state index in [2.05, 4.69) is 17.2 Å². The zero-order chi connectivity index (χ0) is 12.0. The molecular formula is C11H17N3O2. The van der Waals surface area contributed by atoms with Gasteiger partial charge in [-0.1, -0.05) is 13.3 Å². The lowest BCUT2D eigenvalue weighted by Crippen LogP contribution is -2.27. The molecule has 88 valence electrons. The van der Waals surface area contributed by atoms with Crippen molar-refractivity contribution in [2.45, 2.75) is 32.2 Å². The van der Waals surface area contributed by atoms with Crippen molar-refractivity contribution in [3.63, 3.8) is 0 Å². The average Bonchev–Trinajstić information content (AvgIpc) is 2.29. The molecule has 0 saturated heterocycles. The Morgan fingerprint density at radius 3 is 2.75 bits per heavy atom. The Bertz CT molecular complexity index is 338. The molecular weight excluding hydrogens is 206 g/mol. The SMILES string of the molecule is CCCC(Cc1ccc([N+](=O)[O-])cn1)NC. The maximum absolute atomic E-state index is 10.4. The molecule has 1 atom stereocenters. The summed E-state index contributed by atoms with van der Waals surface area (Å²) in [7, 11) is 1.92. The number of hydrogen-bond acceptors (Lipinski definition) is 4. The van der Waals surface area contributed by atoms with E-state index in [-0.39, 0.29) is 5.69 Å². The zero-order valence-electron chi connectivity index (χ0n) is 9.64. The molecule has 0 saturated carbocycles. The lowest BCUT2D eigenvalue weighted by molar-refractivity contribution is -0.385. The highest BCUT2D eigenvalue weighted by Gasteiger charge is 2.09. The van der Waals surface area contributed by atoms with Gasteiger partial charge in [-0.25, -0.2) is 0 Å². The second-order valence-electron chi connectivity index (χ2n) is 3.74. The van der Waals surface area contributed by atoms with Crippen LogP contribution in [0.15, 0.2) is 18.3 Å².